The third-order valence-corrected chi connectivity index (χ3v) is 16.0. The molecule has 9 aromatic carbocycles. The second-order valence-electron chi connectivity index (χ2n) is 17.3. The molecule has 12 aromatic rings. The molecule has 0 spiro atoms. The van der Waals surface area contributed by atoms with Gasteiger partial charge in [0.15, 0.2) is 0 Å². The molecule has 1 aliphatic heterocycles. The van der Waals surface area contributed by atoms with Crippen LogP contribution in [0.2, 0.25) is 0 Å². The van der Waals surface area contributed by atoms with Gasteiger partial charge in [-0.05, 0) is 105 Å². The fraction of sp³-hybridized carbons (Fsp3) is 0.0328. The Hall–Kier alpha value is -7.50. The molecule has 14 rings (SSSR count). The second-order valence-corrected chi connectivity index (χ2v) is 19.6. The second kappa shape index (κ2) is 14.5. The highest BCUT2D eigenvalue weighted by atomic mass is 32.2. The van der Waals surface area contributed by atoms with Crippen LogP contribution in [0.1, 0.15) is 17.0 Å². The van der Waals surface area contributed by atoms with Gasteiger partial charge >= 0.3 is 0 Å². The molecular weight excluding hydrogens is 827 g/mol. The number of thiophene rings is 1. The zero-order valence-corrected chi connectivity index (χ0v) is 36.7. The molecule has 4 heteroatoms. The lowest BCUT2D eigenvalue weighted by atomic mass is 9.86. The van der Waals surface area contributed by atoms with Crippen LogP contribution in [0, 0.1) is 0 Å². The van der Waals surface area contributed by atoms with Crippen molar-refractivity contribution in [3.8, 4) is 44.6 Å². The van der Waals surface area contributed by atoms with E-state index in [2.05, 4.69) is 206 Å². The molecule has 3 aromatic heterocycles. The first kappa shape index (κ1) is 36.9. The van der Waals surface area contributed by atoms with Gasteiger partial charge in [-0.1, -0.05) is 152 Å². The van der Waals surface area contributed by atoms with Crippen molar-refractivity contribution in [3.63, 3.8) is 0 Å². The van der Waals surface area contributed by atoms with E-state index in [1.165, 1.54) is 69.4 Å². The van der Waals surface area contributed by atoms with E-state index in [0.29, 0.717) is 11.2 Å². The van der Waals surface area contributed by atoms with Crippen molar-refractivity contribution in [2.75, 3.05) is 0 Å². The molecule has 0 amide bonds. The fourth-order valence-corrected chi connectivity index (χ4v) is 13.1. The van der Waals surface area contributed by atoms with E-state index in [0.717, 1.165) is 60.6 Å². The van der Waals surface area contributed by atoms with Gasteiger partial charge in [0.2, 0.25) is 0 Å². The SMILES string of the molecule is C1=CC2c3ccccc3SC2C=C1c1cc(-c2cccc(-c3nc4ccccc4c4c(-c5ccccc5)c5c(cc34)oc3ccccc35)c2)cc(-c2ccc3c(c2)sc2ccccc23)c1. The number of para-hydroxylation sites is 2. The summed E-state index contributed by atoms with van der Waals surface area (Å²) in [6.07, 6.45) is 7.28. The molecule has 0 radical (unpaired) electrons. The number of benzene rings is 9. The van der Waals surface area contributed by atoms with Crippen LogP contribution in [0.4, 0.5) is 0 Å². The van der Waals surface area contributed by atoms with Crippen LogP contribution in [0.3, 0.4) is 0 Å². The minimum absolute atomic E-state index is 0.365. The number of hydrogen-bond acceptors (Lipinski definition) is 4. The average molecular weight is 864 g/mol. The first-order valence-electron chi connectivity index (χ1n) is 22.2. The molecule has 2 atom stereocenters. The Labute approximate surface area is 383 Å². The van der Waals surface area contributed by atoms with Crippen molar-refractivity contribution >= 4 is 92.5 Å². The summed E-state index contributed by atoms with van der Waals surface area (Å²) in [5.41, 5.74) is 15.7. The normalized spacial score (nSPS) is 15.7. The summed E-state index contributed by atoms with van der Waals surface area (Å²) in [5.74, 6) is 0.391. The average Bonchev–Trinajstić information content (AvgIpc) is 4.06. The van der Waals surface area contributed by atoms with E-state index in [4.69, 9.17) is 9.40 Å². The zero-order chi connectivity index (χ0) is 42.6. The Kier molecular flexibility index (Phi) is 8.25. The Balaban J connectivity index is 0.974. The summed E-state index contributed by atoms with van der Waals surface area (Å²) in [6, 6.07) is 70.8. The number of nitrogens with zero attached hydrogens (tertiary/aromatic N) is 1. The van der Waals surface area contributed by atoms with Crippen LogP contribution < -0.4 is 0 Å². The largest absolute Gasteiger partial charge is 0.456 e. The van der Waals surface area contributed by atoms with Crippen molar-refractivity contribution in [3.05, 3.63) is 223 Å². The Morgan fingerprint density at radius 1 is 0.446 bits per heavy atom. The maximum absolute atomic E-state index is 6.69. The number of rotatable bonds is 5. The number of pyridine rings is 1. The smallest absolute Gasteiger partial charge is 0.136 e. The topological polar surface area (TPSA) is 26.0 Å². The van der Waals surface area contributed by atoms with Crippen molar-refractivity contribution in [1.82, 2.24) is 4.98 Å². The highest BCUT2D eigenvalue weighted by molar-refractivity contribution is 8.00. The molecule has 304 valence electrons. The molecule has 0 saturated carbocycles. The van der Waals surface area contributed by atoms with Gasteiger partial charge in [0.05, 0.1) is 11.2 Å². The van der Waals surface area contributed by atoms with Gasteiger partial charge in [0, 0.05) is 74.3 Å². The van der Waals surface area contributed by atoms with E-state index in [-0.39, 0.29) is 0 Å². The van der Waals surface area contributed by atoms with E-state index in [1.807, 2.05) is 29.2 Å². The molecule has 2 nitrogen and oxygen atoms in total. The number of fused-ring (bicyclic) bond motifs is 12. The molecule has 0 fully saturated rings. The quantitative estimate of drug-likeness (QED) is 0.161. The molecule has 0 saturated heterocycles. The third-order valence-electron chi connectivity index (χ3n) is 13.6. The predicted octanol–water partition coefficient (Wildman–Crippen LogP) is 17.5. The van der Waals surface area contributed by atoms with Crippen LogP contribution in [-0.4, -0.2) is 10.2 Å². The minimum Gasteiger partial charge on any atom is -0.456 e. The summed E-state index contributed by atoms with van der Waals surface area (Å²) in [7, 11) is 0. The number of hydrogen-bond donors (Lipinski definition) is 0. The lowest BCUT2D eigenvalue weighted by Gasteiger charge is -2.20. The standard InChI is InChI=1S/C61H37NOS2/c1-2-13-36(14-3-1)58-59-48-19-4-8-21-51(48)62-61(50(59)35-53-60(58)49-20-5-9-22-52(49)63-53)40-16-12-15-37(29-40)41-30-42(38-25-27-46-44-17-6-10-23-54(44)64-56(46)33-38)32-43(31-41)39-26-28-47-45-18-7-11-24-55(45)65-57(47)34-39/h1-35,46,56H. The van der Waals surface area contributed by atoms with Gasteiger partial charge in [0.25, 0.3) is 0 Å². The Bertz CT molecular complexity index is 4000. The van der Waals surface area contributed by atoms with Crippen molar-refractivity contribution in [1.29, 1.82) is 0 Å². The molecule has 65 heavy (non-hydrogen) atoms. The minimum atomic E-state index is 0.365. The Morgan fingerprint density at radius 2 is 1.14 bits per heavy atom. The Morgan fingerprint density at radius 3 is 2.05 bits per heavy atom. The van der Waals surface area contributed by atoms with E-state index >= 15 is 0 Å². The third kappa shape index (κ3) is 5.91. The summed E-state index contributed by atoms with van der Waals surface area (Å²) < 4.78 is 9.32. The van der Waals surface area contributed by atoms with Crippen molar-refractivity contribution in [2.45, 2.75) is 16.1 Å². The van der Waals surface area contributed by atoms with Crippen molar-refractivity contribution < 1.29 is 4.42 Å². The number of furan rings is 1. The molecule has 4 heterocycles. The molecular formula is C61H37NOS2. The summed E-state index contributed by atoms with van der Waals surface area (Å²) >= 11 is 3.86. The molecule has 0 N–H and O–H groups in total. The number of aromatic nitrogens is 1. The zero-order valence-electron chi connectivity index (χ0n) is 35.0. The van der Waals surface area contributed by atoms with E-state index in [1.54, 1.807) is 0 Å². The molecule has 0 bridgehead atoms. The van der Waals surface area contributed by atoms with Gasteiger partial charge in [-0.15, -0.1) is 23.1 Å². The monoisotopic (exact) mass is 863 g/mol. The molecule has 2 aliphatic rings. The maximum Gasteiger partial charge on any atom is 0.136 e. The summed E-state index contributed by atoms with van der Waals surface area (Å²) in [4.78, 5) is 6.88. The van der Waals surface area contributed by atoms with Gasteiger partial charge in [-0.3, -0.25) is 0 Å². The van der Waals surface area contributed by atoms with E-state index in [9.17, 15) is 0 Å². The first-order valence-corrected chi connectivity index (χ1v) is 23.9. The maximum atomic E-state index is 6.69. The van der Waals surface area contributed by atoms with Crippen molar-refractivity contribution in [2.24, 2.45) is 0 Å². The predicted molar refractivity (Wildman–Crippen MR) is 277 cm³/mol. The molecule has 1 aliphatic carbocycles. The highest BCUT2D eigenvalue weighted by Gasteiger charge is 2.32. The number of allylic oxidation sites excluding steroid dienone is 3. The van der Waals surface area contributed by atoms with Crippen LogP contribution >= 0.6 is 23.1 Å². The van der Waals surface area contributed by atoms with Crippen LogP contribution in [-0.2, 0) is 0 Å². The van der Waals surface area contributed by atoms with Gasteiger partial charge in [-0.25, -0.2) is 4.98 Å². The van der Waals surface area contributed by atoms with Crippen LogP contribution in [0.15, 0.2) is 222 Å². The number of thioether (sulfide) groups is 1. The van der Waals surface area contributed by atoms with E-state index < -0.39 is 0 Å². The lowest BCUT2D eigenvalue weighted by Crippen LogP contribution is -2.09. The van der Waals surface area contributed by atoms with Gasteiger partial charge in [-0.2, -0.15) is 0 Å². The lowest BCUT2D eigenvalue weighted by molar-refractivity contribution is 0.669. The summed E-state index contributed by atoms with van der Waals surface area (Å²) in [6.45, 7) is 0. The van der Waals surface area contributed by atoms with Crippen LogP contribution in [0.5, 0.6) is 0 Å². The van der Waals surface area contributed by atoms with Crippen LogP contribution in [0.25, 0.3) is 114 Å². The van der Waals surface area contributed by atoms with Gasteiger partial charge < -0.3 is 4.42 Å². The highest BCUT2D eigenvalue weighted by Crippen LogP contribution is 2.51. The first-order chi connectivity index (χ1) is 32.2. The summed E-state index contributed by atoms with van der Waals surface area (Å²) in [5, 5.41) is 8.62. The fourth-order valence-electron chi connectivity index (χ4n) is 10.6. The molecule has 2 unspecified atom stereocenters. The van der Waals surface area contributed by atoms with Gasteiger partial charge in [0.1, 0.15) is 11.2 Å².